The Morgan fingerprint density at radius 3 is 2.41 bits per heavy atom. The molecule has 2 N–H and O–H groups in total. The molecule has 1 aliphatic heterocycles. The van der Waals surface area contributed by atoms with E-state index in [4.69, 9.17) is 0 Å². The number of nitrogens with zero attached hydrogens (tertiary/aromatic N) is 2. The summed E-state index contributed by atoms with van der Waals surface area (Å²) in [5.41, 5.74) is 4.06. The van der Waals surface area contributed by atoms with Gasteiger partial charge < -0.3 is 15.5 Å². The molecule has 1 amide bonds. The van der Waals surface area contributed by atoms with Gasteiger partial charge in [0, 0.05) is 45.1 Å². The topological polar surface area (TPSA) is 56.7 Å². The van der Waals surface area contributed by atoms with E-state index in [0.717, 1.165) is 25.5 Å². The molecular formula is C24H30N4O. The van der Waals surface area contributed by atoms with Crippen LogP contribution in [-0.2, 0) is 23.3 Å². The summed E-state index contributed by atoms with van der Waals surface area (Å²) in [6.45, 7) is 3.14. The van der Waals surface area contributed by atoms with Crippen LogP contribution >= 0.6 is 0 Å². The Kier molecular flexibility index (Phi) is 5.84. The Morgan fingerprint density at radius 2 is 1.76 bits per heavy atom. The lowest BCUT2D eigenvalue weighted by atomic mass is 9.96. The van der Waals surface area contributed by atoms with Crippen molar-refractivity contribution in [3.8, 4) is 0 Å². The molecule has 1 aliphatic carbocycles. The lowest BCUT2D eigenvalue weighted by Gasteiger charge is -2.21. The minimum Gasteiger partial charge on any atom is -0.356 e. The smallest absolute Gasteiger partial charge is 0.222 e. The fourth-order valence-corrected chi connectivity index (χ4v) is 4.12. The highest BCUT2D eigenvalue weighted by Crippen LogP contribution is 2.47. The molecule has 5 heteroatoms. The van der Waals surface area contributed by atoms with E-state index in [1.807, 2.05) is 18.0 Å². The molecular weight excluding hydrogens is 360 g/mol. The van der Waals surface area contributed by atoms with Crippen LogP contribution in [0.15, 0.2) is 59.6 Å². The summed E-state index contributed by atoms with van der Waals surface area (Å²) in [6, 6.07) is 19.1. The fourth-order valence-electron chi connectivity index (χ4n) is 4.12. The number of hydrogen-bond donors (Lipinski definition) is 2. The summed E-state index contributed by atoms with van der Waals surface area (Å²) in [7, 11) is 1.81. The zero-order valence-electron chi connectivity index (χ0n) is 17.2. The number of nitrogens with one attached hydrogen (secondary N) is 2. The third-order valence-electron chi connectivity index (χ3n) is 6.15. The number of hydrogen-bond acceptors (Lipinski definition) is 2. The normalized spacial score (nSPS) is 18.0. The van der Waals surface area contributed by atoms with Crippen molar-refractivity contribution < 1.29 is 4.79 Å². The fraction of sp³-hybridized carbons (Fsp3) is 0.417. The molecule has 1 heterocycles. The molecule has 29 heavy (non-hydrogen) atoms. The number of carbonyl (C=O) groups excluding carboxylic acids is 1. The van der Waals surface area contributed by atoms with Crippen molar-refractivity contribution in [3.05, 3.63) is 71.3 Å². The molecule has 0 radical (unpaired) electrons. The lowest BCUT2D eigenvalue weighted by molar-refractivity contribution is -0.128. The maximum atomic E-state index is 12.0. The highest BCUT2D eigenvalue weighted by molar-refractivity contribution is 5.80. The number of guanidine groups is 1. The van der Waals surface area contributed by atoms with Crippen molar-refractivity contribution in [3.63, 3.8) is 0 Å². The Hall–Kier alpha value is -2.82. The van der Waals surface area contributed by atoms with Crippen molar-refractivity contribution in [2.24, 2.45) is 4.99 Å². The Balaban J connectivity index is 1.34. The number of benzene rings is 2. The summed E-state index contributed by atoms with van der Waals surface area (Å²) in [5.74, 6) is 1.08. The largest absolute Gasteiger partial charge is 0.356 e. The third-order valence-corrected chi connectivity index (χ3v) is 6.15. The molecule has 4 rings (SSSR count). The summed E-state index contributed by atoms with van der Waals surface area (Å²) >= 11 is 0. The molecule has 5 nitrogen and oxygen atoms in total. The van der Waals surface area contributed by atoms with Gasteiger partial charge in [0.15, 0.2) is 5.96 Å². The molecule has 152 valence electrons. The molecule has 0 atom stereocenters. The van der Waals surface area contributed by atoms with E-state index in [-0.39, 0.29) is 11.3 Å². The van der Waals surface area contributed by atoms with E-state index in [9.17, 15) is 4.79 Å². The van der Waals surface area contributed by atoms with Crippen LogP contribution in [0.2, 0.25) is 0 Å². The number of carbonyl (C=O) groups is 1. The van der Waals surface area contributed by atoms with Gasteiger partial charge in [-0.15, -0.1) is 0 Å². The maximum absolute atomic E-state index is 12.0. The molecule has 0 bridgehead atoms. The van der Waals surface area contributed by atoms with Gasteiger partial charge in [-0.25, -0.2) is 0 Å². The minimum absolute atomic E-state index is 0.243. The molecule has 2 aromatic carbocycles. The van der Waals surface area contributed by atoms with Crippen LogP contribution in [-0.4, -0.2) is 36.9 Å². The summed E-state index contributed by atoms with van der Waals surface area (Å²) in [4.78, 5) is 18.3. The summed E-state index contributed by atoms with van der Waals surface area (Å²) < 4.78 is 0. The first kappa shape index (κ1) is 19.5. The number of aliphatic imine (C=N–C) groups is 1. The first-order chi connectivity index (χ1) is 14.2. The number of rotatable bonds is 7. The Labute approximate surface area is 173 Å². The van der Waals surface area contributed by atoms with Gasteiger partial charge in [0.2, 0.25) is 5.91 Å². The Bertz CT molecular complexity index is 873. The van der Waals surface area contributed by atoms with E-state index in [0.29, 0.717) is 19.5 Å². The second-order valence-electron chi connectivity index (χ2n) is 8.11. The first-order valence-corrected chi connectivity index (χ1v) is 10.5. The van der Waals surface area contributed by atoms with Gasteiger partial charge >= 0.3 is 0 Å². The van der Waals surface area contributed by atoms with E-state index in [2.05, 4.69) is 64.2 Å². The molecule has 0 aromatic heterocycles. The van der Waals surface area contributed by atoms with Crippen molar-refractivity contribution in [1.82, 2.24) is 15.5 Å². The van der Waals surface area contributed by atoms with Gasteiger partial charge in [-0.2, -0.15) is 0 Å². The van der Waals surface area contributed by atoms with Crippen molar-refractivity contribution >= 4 is 11.9 Å². The van der Waals surface area contributed by atoms with Gasteiger partial charge in [0.1, 0.15) is 0 Å². The third kappa shape index (κ3) is 4.61. The zero-order chi connectivity index (χ0) is 20.1. The van der Waals surface area contributed by atoms with Crippen LogP contribution in [0.3, 0.4) is 0 Å². The van der Waals surface area contributed by atoms with E-state index in [1.165, 1.54) is 29.5 Å². The minimum atomic E-state index is 0.243. The average molecular weight is 391 g/mol. The monoisotopic (exact) mass is 390 g/mol. The standard InChI is InChI=1S/C24H30N4O/c1-25-23(27-18-24(13-14-24)21-10-3-2-4-11-21)26-16-19-8-5-6-9-20(19)17-28-15-7-12-22(28)29/h2-6,8-11H,7,12-18H2,1H3,(H2,25,26,27). The van der Waals surface area contributed by atoms with Crippen LogP contribution in [0.25, 0.3) is 0 Å². The molecule has 2 aromatic rings. The maximum Gasteiger partial charge on any atom is 0.222 e. The summed E-state index contributed by atoms with van der Waals surface area (Å²) in [5, 5.41) is 6.96. The van der Waals surface area contributed by atoms with Crippen LogP contribution < -0.4 is 10.6 Å². The molecule has 0 spiro atoms. The van der Waals surface area contributed by atoms with Crippen LogP contribution in [0.1, 0.15) is 42.4 Å². The van der Waals surface area contributed by atoms with Crippen LogP contribution in [0.4, 0.5) is 0 Å². The molecule has 2 aliphatic rings. The molecule has 1 saturated heterocycles. The van der Waals surface area contributed by atoms with Gasteiger partial charge in [0.25, 0.3) is 0 Å². The van der Waals surface area contributed by atoms with Gasteiger partial charge in [-0.1, -0.05) is 54.6 Å². The average Bonchev–Trinajstić information content (AvgIpc) is 3.46. The van der Waals surface area contributed by atoms with E-state index in [1.54, 1.807) is 0 Å². The van der Waals surface area contributed by atoms with Crippen molar-refractivity contribution in [2.45, 2.75) is 44.2 Å². The second-order valence-corrected chi connectivity index (χ2v) is 8.11. The molecule has 1 saturated carbocycles. The van der Waals surface area contributed by atoms with Gasteiger partial charge in [0.05, 0.1) is 0 Å². The summed E-state index contributed by atoms with van der Waals surface area (Å²) in [6.07, 6.45) is 4.08. The highest BCUT2D eigenvalue weighted by Gasteiger charge is 2.44. The van der Waals surface area contributed by atoms with E-state index >= 15 is 0 Å². The highest BCUT2D eigenvalue weighted by atomic mass is 16.2. The van der Waals surface area contributed by atoms with Crippen molar-refractivity contribution in [1.29, 1.82) is 0 Å². The molecule has 0 unspecified atom stereocenters. The van der Waals surface area contributed by atoms with Crippen LogP contribution in [0, 0.1) is 0 Å². The SMILES string of the molecule is CN=C(NCc1ccccc1CN1CCCC1=O)NCC1(c2ccccc2)CC1. The predicted molar refractivity (Wildman–Crippen MR) is 117 cm³/mol. The zero-order valence-corrected chi connectivity index (χ0v) is 17.2. The number of likely N-dealkylation sites (tertiary alicyclic amines) is 1. The quantitative estimate of drug-likeness (QED) is 0.564. The predicted octanol–water partition coefficient (Wildman–Crippen LogP) is 3.21. The second kappa shape index (κ2) is 8.68. The first-order valence-electron chi connectivity index (χ1n) is 10.5. The number of amides is 1. The molecule has 2 fully saturated rings. The van der Waals surface area contributed by atoms with Gasteiger partial charge in [-0.3, -0.25) is 9.79 Å². The van der Waals surface area contributed by atoms with Crippen LogP contribution in [0.5, 0.6) is 0 Å². The van der Waals surface area contributed by atoms with Gasteiger partial charge in [-0.05, 0) is 36.0 Å². The van der Waals surface area contributed by atoms with E-state index < -0.39 is 0 Å². The lowest BCUT2D eigenvalue weighted by Crippen LogP contribution is -2.41. The Morgan fingerprint density at radius 1 is 1.03 bits per heavy atom. The van der Waals surface area contributed by atoms with Crippen molar-refractivity contribution in [2.75, 3.05) is 20.1 Å².